The van der Waals surface area contributed by atoms with Gasteiger partial charge in [-0.05, 0) is 39.7 Å². The summed E-state index contributed by atoms with van der Waals surface area (Å²) in [7, 11) is 0. The second-order valence-electron chi connectivity index (χ2n) is 5.32. The Morgan fingerprint density at radius 3 is 2.29 bits per heavy atom. The first kappa shape index (κ1) is 17.0. The van der Waals surface area contributed by atoms with Crippen molar-refractivity contribution in [3.05, 3.63) is 46.1 Å². The summed E-state index contributed by atoms with van der Waals surface area (Å²) in [4.78, 5) is 11.2. The molecule has 114 valence electrons. The number of carbonyl (C=O) groups excluding carboxylic acids is 1. The van der Waals surface area contributed by atoms with E-state index in [2.05, 4.69) is 0 Å². The third-order valence-corrected chi connectivity index (χ3v) is 3.25. The van der Waals surface area contributed by atoms with E-state index in [1.807, 2.05) is 19.9 Å². The van der Waals surface area contributed by atoms with Crippen LogP contribution in [0, 0.1) is 0 Å². The largest absolute Gasteiger partial charge is 0.504 e. The molecule has 0 atom stereocenters. The van der Waals surface area contributed by atoms with E-state index in [4.69, 9.17) is 5.11 Å². The summed E-state index contributed by atoms with van der Waals surface area (Å²) in [6.45, 7) is 5.55. The van der Waals surface area contributed by atoms with Crippen molar-refractivity contribution in [1.82, 2.24) is 0 Å². The highest BCUT2D eigenvalue weighted by molar-refractivity contribution is 5.81. The molecule has 0 fully saturated rings. The van der Waals surface area contributed by atoms with Crippen LogP contribution in [0.1, 0.15) is 42.3 Å². The summed E-state index contributed by atoms with van der Waals surface area (Å²) in [5.74, 6) is -0.457. The zero-order valence-corrected chi connectivity index (χ0v) is 12.7. The maximum Gasteiger partial charge on any atom is 0.162 e. The number of aldehydes is 1. The van der Waals surface area contributed by atoms with E-state index in [0.29, 0.717) is 35.8 Å². The van der Waals surface area contributed by atoms with E-state index in [0.717, 1.165) is 11.1 Å². The summed E-state index contributed by atoms with van der Waals surface area (Å²) in [5, 5.41) is 29.1. The second kappa shape index (κ2) is 7.64. The van der Waals surface area contributed by atoms with Crippen molar-refractivity contribution in [2.75, 3.05) is 6.61 Å². The van der Waals surface area contributed by atoms with Crippen LogP contribution >= 0.6 is 0 Å². The zero-order chi connectivity index (χ0) is 16.0. The van der Waals surface area contributed by atoms with E-state index in [1.54, 1.807) is 19.1 Å². The van der Waals surface area contributed by atoms with Gasteiger partial charge in [0.05, 0.1) is 6.61 Å². The molecule has 1 aromatic carbocycles. The number of benzene rings is 1. The lowest BCUT2D eigenvalue weighted by Crippen LogP contribution is -1.97. The van der Waals surface area contributed by atoms with Gasteiger partial charge in [0.15, 0.2) is 11.5 Å². The van der Waals surface area contributed by atoms with Crippen LogP contribution in [-0.4, -0.2) is 28.2 Å². The Morgan fingerprint density at radius 2 is 1.76 bits per heavy atom. The Kier molecular flexibility index (Phi) is 6.18. The third-order valence-electron chi connectivity index (χ3n) is 3.25. The molecule has 0 aliphatic heterocycles. The molecule has 1 rings (SSSR count). The number of aliphatic hydroxyl groups excluding tert-OH is 1. The van der Waals surface area contributed by atoms with Crippen LogP contribution < -0.4 is 0 Å². The van der Waals surface area contributed by atoms with Crippen LogP contribution in [0.4, 0.5) is 0 Å². The standard InChI is InChI=1S/C17H22O4/c1-11(2)4-7-15-14(10-19)8-13(16(20)17(15)21)6-5-12(3)9-18/h4-5,8,10,18,20-21H,6-7,9H2,1-3H3/b12-5+. The van der Waals surface area contributed by atoms with Crippen molar-refractivity contribution in [2.24, 2.45) is 0 Å². The predicted octanol–water partition coefficient (Wildman–Crippen LogP) is 2.90. The zero-order valence-electron chi connectivity index (χ0n) is 12.7. The predicted molar refractivity (Wildman–Crippen MR) is 82.8 cm³/mol. The average molecular weight is 290 g/mol. The van der Waals surface area contributed by atoms with E-state index >= 15 is 0 Å². The minimum atomic E-state index is -0.248. The summed E-state index contributed by atoms with van der Waals surface area (Å²) in [6.07, 6.45) is 5.05. The van der Waals surface area contributed by atoms with Crippen molar-refractivity contribution >= 4 is 6.29 Å². The molecule has 1 aromatic rings. The SMILES string of the molecule is CC(C)=CCc1c(C=O)cc(C/C=C(\C)CO)c(O)c1O. The van der Waals surface area contributed by atoms with E-state index < -0.39 is 0 Å². The Bertz CT molecular complexity index is 579. The fourth-order valence-electron chi connectivity index (χ4n) is 1.91. The third kappa shape index (κ3) is 4.46. The molecule has 0 saturated carbocycles. The van der Waals surface area contributed by atoms with Gasteiger partial charge in [-0.2, -0.15) is 0 Å². The number of aromatic hydroxyl groups is 2. The van der Waals surface area contributed by atoms with Crippen LogP contribution in [0.15, 0.2) is 29.4 Å². The Balaban J connectivity index is 3.24. The molecule has 0 radical (unpaired) electrons. The maximum atomic E-state index is 11.2. The highest BCUT2D eigenvalue weighted by Gasteiger charge is 2.15. The van der Waals surface area contributed by atoms with Gasteiger partial charge in [0.1, 0.15) is 6.29 Å². The minimum Gasteiger partial charge on any atom is -0.504 e. The number of hydrogen-bond donors (Lipinski definition) is 3. The molecule has 0 spiro atoms. The van der Waals surface area contributed by atoms with E-state index in [9.17, 15) is 15.0 Å². The summed E-state index contributed by atoms with van der Waals surface area (Å²) >= 11 is 0. The number of hydrogen-bond acceptors (Lipinski definition) is 4. The molecule has 0 saturated heterocycles. The van der Waals surface area contributed by atoms with Gasteiger partial charge in [-0.1, -0.05) is 23.3 Å². The fourth-order valence-corrected chi connectivity index (χ4v) is 1.91. The minimum absolute atomic E-state index is 0.0636. The number of phenols is 2. The quantitative estimate of drug-likeness (QED) is 0.427. The molecular weight excluding hydrogens is 268 g/mol. The number of allylic oxidation sites excluding steroid dienone is 3. The van der Waals surface area contributed by atoms with Gasteiger partial charge >= 0.3 is 0 Å². The topological polar surface area (TPSA) is 77.8 Å². The molecule has 0 unspecified atom stereocenters. The van der Waals surface area contributed by atoms with Gasteiger partial charge in [0.2, 0.25) is 0 Å². The average Bonchev–Trinajstić information content (AvgIpc) is 2.46. The molecule has 4 nitrogen and oxygen atoms in total. The fraction of sp³-hybridized carbons (Fsp3) is 0.353. The van der Waals surface area contributed by atoms with Gasteiger partial charge in [-0.3, -0.25) is 4.79 Å². The maximum absolute atomic E-state index is 11.2. The molecule has 4 heteroatoms. The normalized spacial score (nSPS) is 11.3. The van der Waals surface area contributed by atoms with Gasteiger partial charge in [0, 0.05) is 16.7 Å². The van der Waals surface area contributed by atoms with Crippen molar-refractivity contribution in [3.63, 3.8) is 0 Å². The van der Waals surface area contributed by atoms with Crippen LogP contribution in [0.5, 0.6) is 11.5 Å². The first-order valence-electron chi connectivity index (χ1n) is 6.82. The van der Waals surface area contributed by atoms with Gasteiger partial charge in [-0.25, -0.2) is 0 Å². The van der Waals surface area contributed by atoms with Crippen LogP contribution in [0.25, 0.3) is 0 Å². The first-order valence-corrected chi connectivity index (χ1v) is 6.82. The smallest absolute Gasteiger partial charge is 0.162 e. The van der Waals surface area contributed by atoms with Crippen LogP contribution in [-0.2, 0) is 12.8 Å². The van der Waals surface area contributed by atoms with E-state index in [1.165, 1.54) is 0 Å². The van der Waals surface area contributed by atoms with Gasteiger partial charge in [-0.15, -0.1) is 0 Å². The van der Waals surface area contributed by atoms with Crippen molar-refractivity contribution < 1.29 is 20.1 Å². The molecule has 21 heavy (non-hydrogen) atoms. The highest BCUT2D eigenvalue weighted by Crippen LogP contribution is 2.36. The highest BCUT2D eigenvalue weighted by atomic mass is 16.3. The number of carbonyl (C=O) groups is 1. The molecular formula is C17H22O4. The van der Waals surface area contributed by atoms with Crippen LogP contribution in [0.3, 0.4) is 0 Å². The van der Waals surface area contributed by atoms with Gasteiger partial charge in [0.25, 0.3) is 0 Å². The van der Waals surface area contributed by atoms with Crippen LogP contribution in [0.2, 0.25) is 0 Å². The summed E-state index contributed by atoms with van der Waals surface area (Å²) in [5.41, 5.74) is 3.08. The second-order valence-corrected chi connectivity index (χ2v) is 5.32. The Hall–Kier alpha value is -2.07. The lowest BCUT2D eigenvalue weighted by atomic mass is 9.97. The lowest BCUT2D eigenvalue weighted by molar-refractivity contribution is 0.112. The molecule has 0 aliphatic carbocycles. The van der Waals surface area contributed by atoms with Gasteiger partial charge < -0.3 is 15.3 Å². The Morgan fingerprint density at radius 1 is 1.10 bits per heavy atom. The summed E-state index contributed by atoms with van der Waals surface area (Å²) in [6, 6.07) is 1.58. The Labute approximate surface area is 125 Å². The van der Waals surface area contributed by atoms with Crippen molar-refractivity contribution in [1.29, 1.82) is 0 Å². The van der Waals surface area contributed by atoms with Crippen molar-refractivity contribution in [3.8, 4) is 11.5 Å². The monoisotopic (exact) mass is 290 g/mol. The van der Waals surface area contributed by atoms with E-state index in [-0.39, 0.29) is 18.1 Å². The molecule has 0 aliphatic rings. The lowest BCUT2D eigenvalue weighted by Gasteiger charge is -2.12. The molecule has 3 N–H and O–H groups in total. The molecule has 0 heterocycles. The summed E-state index contributed by atoms with van der Waals surface area (Å²) < 4.78 is 0. The first-order chi connectivity index (χ1) is 9.90. The van der Waals surface area contributed by atoms with Crippen molar-refractivity contribution in [2.45, 2.75) is 33.6 Å². The number of rotatable bonds is 6. The molecule has 0 aromatic heterocycles. The number of phenolic OH excluding ortho intramolecular Hbond substituents is 2. The number of aliphatic hydroxyl groups is 1. The molecule has 0 bridgehead atoms. The molecule has 0 amide bonds.